The molecule has 1 amide bonds. The first kappa shape index (κ1) is 27.2. The molecule has 0 atom stereocenters. The number of likely N-dealkylation sites (N-methyl/N-ethyl adjacent to an activating group) is 1. The number of alkyl halides is 3. The zero-order valence-corrected chi connectivity index (χ0v) is 22.8. The number of anilines is 1. The summed E-state index contributed by atoms with van der Waals surface area (Å²) in [5.41, 5.74) is 0.567. The number of nitrogens with one attached hydrogen (secondary N) is 1. The largest absolute Gasteiger partial charge is 0.494 e. The predicted molar refractivity (Wildman–Crippen MR) is 147 cm³/mol. The second kappa shape index (κ2) is 11.0. The van der Waals surface area contributed by atoms with E-state index in [-0.39, 0.29) is 17.0 Å². The van der Waals surface area contributed by atoms with E-state index in [9.17, 15) is 22.8 Å². The number of nitrogens with zero attached hydrogens (tertiary/aromatic N) is 3. The number of halogens is 3. The van der Waals surface area contributed by atoms with E-state index < -0.39 is 17.6 Å². The standard InChI is InChI=1S/C27H25F3N4O3S2/c1-3-37-19-9-7-18(8-10-19)34-25(36)23-20-11-12-33(2)14-21(20)39-24(23)32-26(34)38-15-22(35)31-17-6-4-5-16(13-17)27(28,29)30/h4-10,13H,3,11-12,14-15H2,1-2H3,(H,31,35). The fraction of sp³-hybridized carbons (Fsp3) is 0.296. The van der Waals surface area contributed by atoms with E-state index in [1.165, 1.54) is 28.0 Å². The Balaban J connectivity index is 1.48. The molecule has 0 aliphatic carbocycles. The van der Waals surface area contributed by atoms with E-state index in [0.29, 0.717) is 33.4 Å². The van der Waals surface area contributed by atoms with Crippen LogP contribution < -0.4 is 15.6 Å². The summed E-state index contributed by atoms with van der Waals surface area (Å²) in [6.07, 6.45) is -3.77. The lowest BCUT2D eigenvalue weighted by molar-refractivity contribution is -0.137. The fourth-order valence-electron chi connectivity index (χ4n) is 4.43. The van der Waals surface area contributed by atoms with Gasteiger partial charge in [-0.2, -0.15) is 13.2 Å². The molecule has 0 fully saturated rings. The molecule has 5 rings (SSSR count). The van der Waals surface area contributed by atoms with Crippen LogP contribution in [0.15, 0.2) is 58.5 Å². The van der Waals surface area contributed by atoms with Crippen LogP contribution in [0.4, 0.5) is 18.9 Å². The van der Waals surface area contributed by atoms with Crippen LogP contribution in [0.1, 0.15) is 22.9 Å². The van der Waals surface area contributed by atoms with Gasteiger partial charge in [0.1, 0.15) is 10.6 Å². The Bertz CT molecular complexity index is 1580. The third kappa shape index (κ3) is 5.82. The fourth-order valence-corrected chi connectivity index (χ4v) is 6.59. The van der Waals surface area contributed by atoms with E-state index in [0.717, 1.165) is 53.8 Å². The van der Waals surface area contributed by atoms with Gasteiger partial charge < -0.3 is 15.0 Å². The first-order valence-electron chi connectivity index (χ1n) is 12.2. The van der Waals surface area contributed by atoms with Crippen molar-refractivity contribution in [2.75, 3.05) is 31.3 Å². The quantitative estimate of drug-likeness (QED) is 0.229. The SMILES string of the molecule is CCOc1ccc(-n2c(SCC(=O)Nc3cccc(C(F)(F)F)c3)nc3sc4c(c3c2=O)CCN(C)C4)cc1. The molecule has 0 spiro atoms. The highest BCUT2D eigenvalue weighted by atomic mass is 32.2. The molecule has 2 aromatic heterocycles. The highest BCUT2D eigenvalue weighted by Crippen LogP contribution is 2.34. The van der Waals surface area contributed by atoms with Gasteiger partial charge in [0, 0.05) is 23.7 Å². The van der Waals surface area contributed by atoms with Crippen molar-refractivity contribution >= 4 is 44.9 Å². The van der Waals surface area contributed by atoms with Crippen molar-refractivity contribution < 1.29 is 22.7 Å². The lowest BCUT2D eigenvalue weighted by Gasteiger charge is -2.21. The lowest BCUT2D eigenvalue weighted by atomic mass is 10.1. The van der Waals surface area contributed by atoms with Gasteiger partial charge in [0.15, 0.2) is 5.16 Å². The molecular formula is C27H25F3N4O3S2. The molecule has 204 valence electrons. The summed E-state index contributed by atoms with van der Waals surface area (Å²) >= 11 is 2.53. The molecule has 2 aromatic carbocycles. The predicted octanol–water partition coefficient (Wildman–Crippen LogP) is 5.58. The van der Waals surface area contributed by atoms with Crippen LogP contribution in [0.5, 0.6) is 5.75 Å². The Morgan fingerprint density at radius 1 is 1.21 bits per heavy atom. The Morgan fingerprint density at radius 3 is 2.69 bits per heavy atom. The van der Waals surface area contributed by atoms with Gasteiger partial charge >= 0.3 is 6.18 Å². The van der Waals surface area contributed by atoms with Crippen LogP contribution in [0.3, 0.4) is 0 Å². The maximum atomic E-state index is 13.9. The van der Waals surface area contributed by atoms with Crippen LogP contribution in [0.25, 0.3) is 15.9 Å². The molecule has 3 heterocycles. The van der Waals surface area contributed by atoms with Crippen LogP contribution in [0, 0.1) is 0 Å². The van der Waals surface area contributed by atoms with Crippen LogP contribution in [0.2, 0.25) is 0 Å². The number of hydrogen-bond donors (Lipinski definition) is 1. The maximum Gasteiger partial charge on any atom is 0.416 e. The minimum absolute atomic E-state index is 0.0396. The molecule has 0 radical (unpaired) electrons. The monoisotopic (exact) mass is 574 g/mol. The Morgan fingerprint density at radius 2 is 1.97 bits per heavy atom. The van der Waals surface area contributed by atoms with Gasteiger partial charge in [-0.15, -0.1) is 11.3 Å². The number of thiophene rings is 1. The Labute approximate surface area is 230 Å². The van der Waals surface area contributed by atoms with Crippen molar-refractivity contribution in [3.63, 3.8) is 0 Å². The highest BCUT2D eigenvalue weighted by molar-refractivity contribution is 7.99. The number of fused-ring (bicyclic) bond motifs is 3. The topological polar surface area (TPSA) is 76.5 Å². The van der Waals surface area contributed by atoms with E-state index >= 15 is 0 Å². The number of carbonyl (C=O) groups excluding carboxylic acids is 1. The van der Waals surface area contributed by atoms with E-state index in [2.05, 4.69) is 10.2 Å². The second-order valence-electron chi connectivity index (χ2n) is 9.05. The highest BCUT2D eigenvalue weighted by Gasteiger charge is 2.30. The summed E-state index contributed by atoms with van der Waals surface area (Å²) in [5, 5.41) is 3.42. The number of aromatic nitrogens is 2. The number of ether oxygens (including phenoxy) is 1. The zero-order chi connectivity index (χ0) is 27.7. The number of thioether (sulfide) groups is 1. The second-order valence-corrected chi connectivity index (χ2v) is 11.1. The summed E-state index contributed by atoms with van der Waals surface area (Å²) in [4.78, 5) is 35.3. The van der Waals surface area contributed by atoms with E-state index in [1.54, 1.807) is 24.3 Å². The van der Waals surface area contributed by atoms with Crippen molar-refractivity contribution in [3.8, 4) is 11.4 Å². The van der Waals surface area contributed by atoms with Crippen LogP contribution in [-0.4, -0.2) is 46.3 Å². The molecule has 0 saturated carbocycles. The van der Waals surface area contributed by atoms with Gasteiger partial charge in [0.2, 0.25) is 5.91 Å². The average molecular weight is 575 g/mol. The summed E-state index contributed by atoms with van der Waals surface area (Å²) in [5.74, 6) is -0.00746. The molecular weight excluding hydrogens is 549 g/mol. The molecule has 1 N–H and O–H groups in total. The minimum Gasteiger partial charge on any atom is -0.494 e. The molecule has 39 heavy (non-hydrogen) atoms. The van der Waals surface area contributed by atoms with Crippen LogP contribution >= 0.6 is 23.1 Å². The number of carbonyl (C=O) groups is 1. The smallest absolute Gasteiger partial charge is 0.416 e. The summed E-state index contributed by atoms with van der Waals surface area (Å²) in [6, 6.07) is 11.5. The van der Waals surface area contributed by atoms with Crippen LogP contribution in [-0.2, 0) is 23.9 Å². The number of benzene rings is 2. The lowest BCUT2D eigenvalue weighted by Crippen LogP contribution is -2.27. The molecule has 0 saturated heterocycles. The van der Waals surface area contributed by atoms with Gasteiger partial charge in [0.05, 0.1) is 29.0 Å². The van der Waals surface area contributed by atoms with Gasteiger partial charge in [0.25, 0.3) is 5.56 Å². The molecule has 7 nitrogen and oxygen atoms in total. The van der Waals surface area contributed by atoms with Gasteiger partial charge in [-0.1, -0.05) is 17.8 Å². The number of hydrogen-bond acceptors (Lipinski definition) is 7. The van der Waals surface area contributed by atoms with Crippen molar-refractivity contribution in [3.05, 3.63) is 74.9 Å². The zero-order valence-electron chi connectivity index (χ0n) is 21.2. The number of rotatable bonds is 7. The van der Waals surface area contributed by atoms with Gasteiger partial charge in [-0.25, -0.2) is 4.98 Å². The van der Waals surface area contributed by atoms with Gasteiger partial charge in [-0.05, 0) is 68.4 Å². The first-order valence-corrected chi connectivity index (χ1v) is 14.0. The maximum absolute atomic E-state index is 13.9. The molecule has 0 bridgehead atoms. The Kier molecular flexibility index (Phi) is 7.70. The van der Waals surface area contributed by atoms with E-state index in [1.807, 2.05) is 14.0 Å². The molecule has 1 aliphatic rings. The third-order valence-electron chi connectivity index (χ3n) is 6.25. The molecule has 12 heteroatoms. The Hall–Kier alpha value is -3.35. The summed E-state index contributed by atoms with van der Waals surface area (Å²) < 4.78 is 46.2. The normalized spacial score (nSPS) is 13.9. The van der Waals surface area contributed by atoms with Crippen molar-refractivity contribution in [1.82, 2.24) is 14.5 Å². The summed E-state index contributed by atoms with van der Waals surface area (Å²) in [7, 11) is 2.03. The van der Waals surface area contributed by atoms with E-state index in [4.69, 9.17) is 9.72 Å². The van der Waals surface area contributed by atoms with Crippen molar-refractivity contribution in [2.45, 2.75) is 31.2 Å². The minimum atomic E-state index is -4.52. The summed E-state index contributed by atoms with van der Waals surface area (Å²) in [6.45, 7) is 3.96. The average Bonchev–Trinajstić information content (AvgIpc) is 3.25. The van der Waals surface area contributed by atoms with Gasteiger partial charge in [-0.3, -0.25) is 14.2 Å². The first-order chi connectivity index (χ1) is 18.6. The van der Waals surface area contributed by atoms with Crippen molar-refractivity contribution in [2.24, 2.45) is 0 Å². The number of amides is 1. The third-order valence-corrected chi connectivity index (χ3v) is 8.30. The molecule has 1 aliphatic heterocycles. The molecule has 4 aromatic rings. The van der Waals surface area contributed by atoms with Crippen molar-refractivity contribution in [1.29, 1.82) is 0 Å². The molecule has 0 unspecified atom stereocenters.